The maximum atomic E-state index is 5.28. The number of rotatable bonds is 12. The molecule has 2 aliphatic carbocycles. The molecule has 0 bridgehead atoms. The second-order valence-corrected chi connectivity index (χ2v) is 9.83. The van der Waals surface area contributed by atoms with Gasteiger partial charge in [0.1, 0.15) is 0 Å². The van der Waals surface area contributed by atoms with Gasteiger partial charge in [-0.1, -0.05) is 99.6 Å². The predicted octanol–water partition coefficient (Wildman–Crippen LogP) is 9.31. The third kappa shape index (κ3) is 17.4. The number of nitrogens with zero attached hydrogens (tertiary/aromatic N) is 1. The summed E-state index contributed by atoms with van der Waals surface area (Å²) in [5.74, 6) is 3.15. The smallest absolute Gasteiger partial charge is 0.0205 e. The summed E-state index contributed by atoms with van der Waals surface area (Å²) in [5.41, 5.74) is 5.12. The number of hydrogen-bond donors (Lipinski definition) is 1. The molecule has 39 heavy (non-hydrogen) atoms. The van der Waals surface area contributed by atoms with Gasteiger partial charge in [0.2, 0.25) is 0 Å². The Hall–Kier alpha value is -2.86. The molecule has 0 saturated heterocycles. The van der Waals surface area contributed by atoms with Crippen LogP contribution in [-0.2, 0) is 0 Å². The van der Waals surface area contributed by atoms with E-state index in [-0.39, 0.29) is 0 Å². The summed E-state index contributed by atoms with van der Waals surface area (Å²) < 4.78 is 0. The standard InChI is InChI=1S/C17H24.C12H12.C8H20N2/c1-4-11-15(12-5-2)17(6-3)16-13-9-7-8-10-14-16;1-3-6-12-8-5-7-11(4-2)9-10-12;1-5-10(4)7-6-8(2)9-3/h4,7,9-14,17H,5-6,8H2,1-3H3;2-3,7-10H,1,5-6H2;8-9H,5-7H2,1-4H3/b11-4-,15-12+;;. The molecule has 0 heterocycles. The molecule has 0 aromatic carbocycles. The van der Waals surface area contributed by atoms with Gasteiger partial charge in [0.25, 0.3) is 0 Å². The van der Waals surface area contributed by atoms with Crippen LogP contribution in [0, 0.1) is 18.3 Å². The zero-order chi connectivity index (χ0) is 29.3. The Labute approximate surface area is 242 Å². The molecule has 0 radical (unpaired) electrons. The van der Waals surface area contributed by atoms with E-state index in [1.165, 1.54) is 29.7 Å². The van der Waals surface area contributed by atoms with Crippen LogP contribution in [-0.4, -0.2) is 38.1 Å². The first-order chi connectivity index (χ1) is 18.9. The Morgan fingerprint density at radius 2 is 1.92 bits per heavy atom. The Balaban J connectivity index is 0.000000580. The molecule has 2 aliphatic rings. The molecular weight excluding hydrogens is 472 g/mol. The molecule has 0 amide bonds. The highest BCUT2D eigenvalue weighted by Gasteiger charge is 2.13. The van der Waals surface area contributed by atoms with Crippen molar-refractivity contribution in [3.63, 3.8) is 0 Å². The highest BCUT2D eigenvalue weighted by molar-refractivity contribution is 5.42. The number of hydrogen-bond acceptors (Lipinski definition) is 2. The van der Waals surface area contributed by atoms with E-state index in [0.29, 0.717) is 12.0 Å². The summed E-state index contributed by atoms with van der Waals surface area (Å²) in [4.78, 5) is 2.33. The average Bonchev–Trinajstić information content (AvgIpc) is 3.36. The van der Waals surface area contributed by atoms with Crippen LogP contribution < -0.4 is 5.32 Å². The van der Waals surface area contributed by atoms with Crippen molar-refractivity contribution in [1.82, 2.24) is 10.2 Å². The number of allylic oxidation sites excluding steroid dienone is 17. The molecule has 2 nitrogen and oxygen atoms in total. The normalized spacial score (nSPS) is 16.4. The molecule has 0 aliphatic heterocycles. The van der Waals surface area contributed by atoms with Gasteiger partial charge in [0.05, 0.1) is 0 Å². The van der Waals surface area contributed by atoms with Crippen LogP contribution in [0.5, 0.6) is 0 Å². The third-order valence-corrected chi connectivity index (χ3v) is 6.74. The van der Waals surface area contributed by atoms with Crippen molar-refractivity contribution < 1.29 is 0 Å². The van der Waals surface area contributed by atoms with Crippen molar-refractivity contribution in [1.29, 1.82) is 0 Å². The molecule has 0 aromatic rings. The van der Waals surface area contributed by atoms with Crippen LogP contribution in [0.1, 0.15) is 73.1 Å². The lowest BCUT2D eigenvalue weighted by Gasteiger charge is -2.18. The van der Waals surface area contributed by atoms with Gasteiger partial charge in [-0.2, -0.15) is 0 Å². The molecule has 1 N–H and O–H groups in total. The quantitative estimate of drug-likeness (QED) is 0.154. The summed E-state index contributed by atoms with van der Waals surface area (Å²) in [7, 11) is 4.17. The van der Waals surface area contributed by atoms with Crippen molar-refractivity contribution >= 4 is 0 Å². The molecule has 2 rings (SSSR count). The van der Waals surface area contributed by atoms with Crippen LogP contribution in [0.15, 0.2) is 108 Å². The summed E-state index contributed by atoms with van der Waals surface area (Å²) in [5, 5.41) is 3.22. The highest BCUT2D eigenvalue weighted by atomic mass is 15.1. The van der Waals surface area contributed by atoms with Crippen LogP contribution in [0.4, 0.5) is 0 Å². The zero-order valence-electron chi connectivity index (χ0n) is 26.0. The van der Waals surface area contributed by atoms with Gasteiger partial charge in [-0.3, -0.25) is 0 Å². The number of terminal acetylenes is 1. The van der Waals surface area contributed by atoms with Crippen molar-refractivity contribution in [2.24, 2.45) is 5.92 Å². The van der Waals surface area contributed by atoms with Crippen LogP contribution >= 0.6 is 0 Å². The summed E-state index contributed by atoms with van der Waals surface area (Å²) in [6.45, 7) is 17.0. The Morgan fingerprint density at radius 3 is 2.51 bits per heavy atom. The fourth-order valence-electron chi connectivity index (χ4n) is 4.06. The minimum absolute atomic E-state index is 0.533. The van der Waals surface area contributed by atoms with E-state index < -0.39 is 0 Å². The molecule has 2 heteroatoms. The monoisotopic (exact) mass is 528 g/mol. The van der Waals surface area contributed by atoms with Gasteiger partial charge in [-0.25, -0.2) is 0 Å². The molecule has 2 unspecified atom stereocenters. The van der Waals surface area contributed by atoms with Crippen LogP contribution in [0.2, 0.25) is 0 Å². The minimum atomic E-state index is 0.533. The Morgan fingerprint density at radius 1 is 1.15 bits per heavy atom. The molecular formula is C37H56N2. The van der Waals surface area contributed by atoms with E-state index in [1.807, 2.05) is 25.3 Å². The lowest BCUT2D eigenvalue weighted by molar-refractivity contribution is 0.329. The van der Waals surface area contributed by atoms with Gasteiger partial charge in [0, 0.05) is 17.5 Å². The molecule has 214 valence electrons. The van der Waals surface area contributed by atoms with Gasteiger partial charge >= 0.3 is 0 Å². The van der Waals surface area contributed by atoms with E-state index in [4.69, 9.17) is 6.42 Å². The van der Waals surface area contributed by atoms with Gasteiger partial charge in [-0.05, 0) is 102 Å². The van der Waals surface area contributed by atoms with Crippen molar-refractivity contribution in [2.45, 2.75) is 79.2 Å². The second-order valence-electron chi connectivity index (χ2n) is 9.83. The SMILES string of the molecule is C#CC1=CCC=C(CC=C)C=C1.C/C=C\C(=C/CC)C(CC)C1=CC=CCC=C1.CCN(C)CCC(C)NC. The van der Waals surface area contributed by atoms with E-state index in [9.17, 15) is 0 Å². The van der Waals surface area contributed by atoms with Crippen molar-refractivity contribution in [2.75, 3.05) is 27.2 Å². The summed E-state index contributed by atoms with van der Waals surface area (Å²) in [6.07, 6.45) is 39.7. The summed E-state index contributed by atoms with van der Waals surface area (Å²) in [6, 6.07) is 0.647. The lowest BCUT2D eigenvalue weighted by Crippen LogP contribution is -2.28. The Kier molecular flexibility index (Phi) is 22.4. The van der Waals surface area contributed by atoms with Gasteiger partial charge < -0.3 is 10.2 Å². The number of nitrogens with one attached hydrogen (secondary N) is 1. The maximum Gasteiger partial charge on any atom is 0.0205 e. The molecule has 0 saturated carbocycles. The minimum Gasteiger partial charge on any atom is -0.317 e. The topological polar surface area (TPSA) is 15.3 Å². The van der Waals surface area contributed by atoms with E-state index in [0.717, 1.165) is 44.2 Å². The first kappa shape index (κ1) is 36.1. The second kappa shape index (κ2) is 24.2. The van der Waals surface area contributed by atoms with Crippen molar-refractivity contribution in [3.05, 3.63) is 108 Å². The van der Waals surface area contributed by atoms with Crippen LogP contribution in [0.3, 0.4) is 0 Å². The summed E-state index contributed by atoms with van der Waals surface area (Å²) >= 11 is 0. The first-order valence-electron chi connectivity index (χ1n) is 14.8. The third-order valence-electron chi connectivity index (χ3n) is 6.74. The Bertz CT molecular complexity index is 946. The molecule has 0 fully saturated rings. The molecule has 0 aromatic heterocycles. The average molecular weight is 529 g/mol. The first-order valence-corrected chi connectivity index (χ1v) is 14.8. The maximum absolute atomic E-state index is 5.28. The fourth-order valence-corrected chi connectivity index (χ4v) is 4.06. The zero-order valence-corrected chi connectivity index (χ0v) is 26.0. The van der Waals surface area contributed by atoms with Crippen molar-refractivity contribution in [3.8, 4) is 12.3 Å². The van der Waals surface area contributed by atoms with Gasteiger partial charge in [0.15, 0.2) is 0 Å². The highest BCUT2D eigenvalue weighted by Crippen LogP contribution is 2.27. The fraction of sp³-hybridized carbons (Fsp3) is 0.459. The molecule has 2 atom stereocenters. The van der Waals surface area contributed by atoms with E-state index >= 15 is 0 Å². The van der Waals surface area contributed by atoms with Gasteiger partial charge in [-0.15, -0.1) is 13.0 Å². The lowest BCUT2D eigenvalue weighted by atomic mass is 9.87. The van der Waals surface area contributed by atoms with E-state index in [1.54, 1.807) is 0 Å². The largest absolute Gasteiger partial charge is 0.317 e. The van der Waals surface area contributed by atoms with E-state index in [2.05, 4.69) is 125 Å². The predicted molar refractivity (Wildman–Crippen MR) is 178 cm³/mol. The molecule has 0 spiro atoms. The van der Waals surface area contributed by atoms with Crippen LogP contribution in [0.25, 0.3) is 0 Å².